The zero-order valence-corrected chi connectivity index (χ0v) is 12.7. The van der Waals surface area contributed by atoms with Gasteiger partial charge in [0, 0.05) is 6.04 Å². The van der Waals surface area contributed by atoms with Crippen LogP contribution in [0.25, 0.3) is 0 Å². The normalized spacial score (nSPS) is 43.4. The van der Waals surface area contributed by atoms with E-state index in [1.54, 1.807) is 0 Å². The van der Waals surface area contributed by atoms with Crippen LogP contribution in [0, 0.1) is 28.6 Å². The van der Waals surface area contributed by atoms with Gasteiger partial charge in [0.15, 0.2) is 0 Å². The van der Waals surface area contributed by atoms with Crippen LogP contribution in [0.3, 0.4) is 0 Å². The number of carbonyl (C=O) groups is 2. The summed E-state index contributed by atoms with van der Waals surface area (Å²) in [6.07, 6.45) is 8.88. The van der Waals surface area contributed by atoms with E-state index >= 15 is 0 Å². The number of carboxylic acids is 1. The quantitative estimate of drug-likeness (QED) is 0.782. The molecule has 0 aromatic rings. The molecule has 0 aromatic carbocycles. The van der Waals surface area contributed by atoms with Gasteiger partial charge in [-0.3, -0.25) is 9.59 Å². The molecule has 1 amide bonds. The van der Waals surface area contributed by atoms with Gasteiger partial charge in [0.25, 0.3) is 0 Å². The van der Waals surface area contributed by atoms with Crippen molar-refractivity contribution in [1.29, 1.82) is 0 Å². The van der Waals surface area contributed by atoms with Gasteiger partial charge in [0.2, 0.25) is 5.91 Å². The Balaban J connectivity index is 1.49. The molecule has 0 spiro atoms. The van der Waals surface area contributed by atoms with Crippen LogP contribution in [0.2, 0.25) is 0 Å². The molecule has 4 heteroatoms. The van der Waals surface area contributed by atoms with Crippen molar-refractivity contribution in [3.8, 4) is 0 Å². The molecule has 0 aliphatic heterocycles. The SMILES string of the molecule is CC(NC(=O)C1(C(=O)O)CC1)C12CC3CC(CC(C3)C1)C2. The van der Waals surface area contributed by atoms with Crippen LogP contribution in [-0.4, -0.2) is 23.0 Å². The first-order valence-corrected chi connectivity index (χ1v) is 8.48. The minimum absolute atomic E-state index is 0.121. The van der Waals surface area contributed by atoms with Crippen LogP contribution in [0.5, 0.6) is 0 Å². The van der Waals surface area contributed by atoms with Gasteiger partial charge < -0.3 is 10.4 Å². The fraction of sp³-hybridized carbons (Fsp3) is 0.882. The van der Waals surface area contributed by atoms with E-state index in [1.165, 1.54) is 38.5 Å². The van der Waals surface area contributed by atoms with Crippen LogP contribution in [0.4, 0.5) is 0 Å². The Morgan fingerprint density at radius 3 is 1.90 bits per heavy atom. The molecule has 1 atom stereocenters. The Hall–Kier alpha value is -1.06. The number of carboxylic acid groups (broad SMARTS) is 1. The number of nitrogens with one attached hydrogen (secondary N) is 1. The summed E-state index contributed by atoms with van der Waals surface area (Å²) in [6.45, 7) is 2.11. The zero-order valence-electron chi connectivity index (χ0n) is 12.7. The summed E-state index contributed by atoms with van der Waals surface area (Å²) in [5.74, 6) is 1.37. The van der Waals surface area contributed by atoms with Crippen molar-refractivity contribution in [3.05, 3.63) is 0 Å². The average Bonchev–Trinajstić information content (AvgIpc) is 3.18. The van der Waals surface area contributed by atoms with E-state index in [-0.39, 0.29) is 17.4 Å². The molecule has 5 aliphatic rings. The van der Waals surface area contributed by atoms with E-state index in [2.05, 4.69) is 12.2 Å². The third-order valence-corrected chi connectivity index (χ3v) is 6.95. The van der Waals surface area contributed by atoms with Crippen LogP contribution in [-0.2, 0) is 9.59 Å². The second-order valence-corrected chi connectivity index (χ2v) is 8.36. The maximum atomic E-state index is 12.4. The highest BCUT2D eigenvalue weighted by Crippen LogP contribution is 2.61. The first-order chi connectivity index (χ1) is 9.93. The molecule has 5 saturated carbocycles. The fourth-order valence-corrected chi connectivity index (χ4v) is 5.86. The predicted molar refractivity (Wildman–Crippen MR) is 77.5 cm³/mol. The number of rotatable bonds is 4. The van der Waals surface area contributed by atoms with E-state index in [4.69, 9.17) is 0 Å². The number of carbonyl (C=O) groups excluding carboxylic acids is 1. The fourth-order valence-electron chi connectivity index (χ4n) is 5.86. The highest BCUT2D eigenvalue weighted by atomic mass is 16.4. The van der Waals surface area contributed by atoms with Crippen LogP contribution in [0.15, 0.2) is 0 Å². The smallest absolute Gasteiger partial charge is 0.319 e. The minimum atomic E-state index is -1.10. The summed E-state index contributed by atoms with van der Waals surface area (Å²) < 4.78 is 0. The summed E-state index contributed by atoms with van der Waals surface area (Å²) in [5.41, 5.74) is -0.852. The molecule has 4 bridgehead atoms. The van der Waals surface area contributed by atoms with Gasteiger partial charge in [-0.1, -0.05) is 0 Å². The molecular weight excluding hydrogens is 266 g/mol. The van der Waals surface area contributed by atoms with E-state index < -0.39 is 11.4 Å². The lowest BCUT2D eigenvalue weighted by atomic mass is 9.48. The summed E-state index contributed by atoms with van der Waals surface area (Å²) in [4.78, 5) is 23.7. The van der Waals surface area contributed by atoms with Gasteiger partial charge in [-0.2, -0.15) is 0 Å². The average molecular weight is 291 g/mol. The van der Waals surface area contributed by atoms with Gasteiger partial charge in [0.05, 0.1) is 0 Å². The molecule has 0 radical (unpaired) electrons. The van der Waals surface area contributed by atoms with Gasteiger partial charge in [0.1, 0.15) is 5.41 Å². The Kier molecular flexibility index (Phi) is 2.74. The van der Waals surface area contributed by atoms with Crippen molar-refractivity contribution in [3.63, 3.8) is 0 Å². The van der Waals surface area contributed by atoms with Gasteiger partial charge in [-0.05, 0) is 81.5 Å². The first-order valence-electron chi connectivity index (χ1n) is 8.48. The molecule has 21 heavy (non-hydrogen) atoms. The first kappa shape index (κ1) is 13.6. The van der Waals surface area contributed by atoms with Crippen LogP contribution in [0.1, 0.15) is 58.3 Å². The van der Waals surface area contributed by atoms with Crippen molar-refractivity contribution in [2.24, 2.45) is 28.6 Å². The molecule has 5 fully saturated rings. The number of hydrogen-bond acceptors (Lipinski definition) is 2. The Bertz CT molecular complexity index is 459. The molecule has 0 saturated heterocycles. The largest absolute Gasteiger partial charge is 0.480 e. The third-order valence-electron chi connectivity index (χ3n) is 6.95. The lowest BCUT2D eigenvalue weighted by molar-refractivity contribution is -0.150. The molecule has 5 aliphatic carbocycles. The summed E-state index contributed by atoms with van der Waals surface area (Å²) in [6, 6.07) is 0.121. The monoisotopic (exact) mass is 291 g/mol. The molecular formula is C17H25NO3. The molecule has 1 unspecified atom stereocenters. The maximum Gasteiger partial charge on any atom is 0.319 e. The van der Waals surface area contributed by atoms with Crippen molar-refractivity contribution >= 4 is 11.9 Å². The van der Waals surface area contributed by atoms with E-state index in [0.717, 1.165) is 17.8 Å². The second-order valence-electron chi connectivity index (χ2n) is 8.36. The second kappa shape index (κ2) is 4.23. The standard InChI is InChI=1S/C17H25NO3/c1-10(18-14(19)17(2-3-17)15(20)21)16-7-11-4-12(8-16)6-13(5-11)9-16/h10-13H,2-9H2,1H3,(H,18,19)(H,20,21). The van der Waals surface area contributed by atoms with Crippen molar-refractivity contribution in [2.45, 2.75) is 64.3 Å². The minimum Gasteiger partial charge on any atom is -0.480 e. The molecule has 5 rings (SSSR count). The lowest BCUT2D eigenvalue weighted by Gasteiger charge is -2.59. The molecule has 0 heterocycles. The Morgan fingerprint density at radius 1 is 1.05 bits per heavy atom. The maximum absolute atomic E-state index is 12.4. The highest BCUT2D eigenvalue weighted by molar-refractivity contribution is 6.04. The van der Waals surface area contributed by atoms with Crippen molar-refractivity contribution in [1.82, 2.24) is 5.32 Å². The van der Waals surface area contributed by atoms with E-state index in [1.807, 2.05) is 0 Å². The molecule has 4 nitrogen and oxygen atoms in total. The van der Waals surface area contributed by atoms with Crippen molar-refractivity contribution in [2.75, 3.05) is 0 Å². The van der Waals surface area contributed by atoms with Gasteiger partial charge >= 0.3 is 5.97 Å². The lowest BCUT2D eigenvalue weighted by Crippen LogP contribution is -2.57. The molecule has 0 aromatic heterocycles. The zero-order chi connectivity index (χ0) is 14.8. The van der Waals surface area contributed by atoms with Crippen molar-refractivity contribution < 1.29 is 14.7 Å². The predicted octanol–water partition coefficient (Wildman–Crippen LogP) is 2.57. The van der Waals surface area contributed by atoms with E-state index in [9.17, 15) is 14.7 Å². The third kappa shape index (κ3) is 1.94. The summed E-state index contributed by atoms with van der Waals surface area (Å²) in [5, 5.41) is 12.4. The Morgan fingerprint density at radius 2 is 1.52 bits per heavy atom. The number of amides is 1. The van der Waals surface area contributed by atoms with Crippen LogP contribution < -0.4 is 5.32 Å². The summed E-state index contributed by atoms with van der Waals surface area (Å²) in [7, 11) is 0. The highest BCUT2D eigenvalue weighted by Gasteiger charge is 2.59. The van der Waals surface area contributed by atoms with Crippen LogP contribution >= 0.6 is 0 Å². The van der Waals surface area contributed by atoms with Gasteiger partial charge in [-0.25, -0.2) is 0 Å². The van der Waals surface area contributed by atoms with E-state index in [0.29, 0.717) is 12.8 Å². The molecule has 116 valence electrons. The number of aliphatic carboxylic acids is 1. The summed E-state index contributed by atoms with van der Waals surface area (Å²) >= 11 is 0. The molecule has 2 N–H and O–H groups in total. The topological polar surface area (TPSA) is 66.4 Å². The van der Waals surface area contributed by atoms with Gasteiger partial charge in [-0.15, -0.1) is 0 Å². The Labute approximate surface area is 125 Å². The number of hydrogen-bond donors (Lipinski definition) is 2.